The van der Waals surface area contributed by atoms with Crippen LogP contribution in [0.5, 0.6) is 0 Å². The predicted molar refractivity (Wildman–Crippen MR) is 61.4 cm³/mol. The number of carbonyl (C=O) groups is 1. The first-order valence-corrected chi connectivity index (χ1v) is 6.90. The highest BCUT2D eigenvalue weighted by Gasteiger charge is 2.30. The number of carboxylic acids is 1. The van der Waals surface area contributed by atoms with Crippen molar-refractivity contribution >= 4 is 16.0 Å². The first kappa shape index (κ1) is 13.0. The molecule has 1 fully saturated rings. The summed E-state index contributed by atoms with van der Waals surface area (Å²) < 4.78 is 39.0. The van der Waals surface area contributed by atoms with Crippen LogP contribution in [0, 0.1) is 5.82 Å². The van der Waals surface area contributed by atoms with Crippen LogP contribution in [0.15, 0.2) is 23.1 Å². The molecule has 1 aromatic rings. The third kappa shape index (κ3) is 2.23. The van der Waals surface area contributed by atoms with E-state index in [1.807, 2.05) is 0 Å². The third-order valence-corrected chi connectivity index (χ3v) is 4.77. The summed E-state index contributed by atoms with van der Waals surface area (Å²) in [5.41, 5.74) is -0.242. The Morgan fingerprint density at radius 3 is 2.44 bits per heavy atom. The van der Waals surface area contributed by atoms with Gasteiger partial charge in [0.15, 0.2) is 0 Å². The summed E-state index contributed by atoms with van der Waals surface area (Å²) in [7, 11) is -3.93. The number of halogens is 1. The van der Waals surface area contributed by atoms with E-state index in [1.165, 1.54) is 4.31 Å². The van der Waals surface area contributed by atoms with Gasteiger partial charge in [0.1, 0.15) is 10.7 Å². The second-order valence-corrected chi connectivity index (χ2v) is 5.97. The van der Waals surface area contributed by atoms with Crippen LogP contribution in [-0.4, -0.2) is 36.9 Å². The van der Waals surface area contributed by atoms with Crippen LogP contribution in [-0.2, 0) is 10.0 Å². The molecule has 0 amide bonds. The Balaban J connectivity index is 2.49. The largest absolute Gasteiger partial charge is 0.478 e. The minimum atomic E-state index is -3.93. The van der Waals surface area contributed by atoms with E-state index >= 15 is 0 Å². The zero-order valence-electron chi connectivity index (χ0n) is 9.47. The Kier molecular flexibility index (Phi) is 3.36. The van der Waals surface area contributed by atoms with Gasteiger partial charge in [-0.1, -0.05) is 0 Å². The Labute approximate surface area is 104 Å². The van der Waals surface area contributed by atoms with Crippen molar-refractivity contribution in [2.45, 2.75) is 17.7 Å². The van der Waals surface area contributed by atoms with E-state index in [0.29, 0.717) is 13.1 Å². The lowest BCUT2D eigenvalue weighted by Gasteiger charge is -2.16. The smallest absolute Gasteiger partial charge is 0.335 e. The van der Waals surface area contributed by atoms with E-state index in [9.17, 15) is 17.6 Å². The van der Waals surface area contributed by atoms with Crippen LogP contribution in [0.2, 0.25) is 0 Å². The standard InChI is InChI=1S/C11H12FNO4S/c12-9-4-3-8(11(14)15)7-10(9)18(16,17)13-5-1-2-6-13/h3-4,7H,1-2,5-6H2,(H,14,15). The number of nitrogens with zero attached hydrogens (tertiary/aromatic N) is 1. The van der Waals surface area contributed by atoms with Crippen molar-refractivity contribution in [2.75, 3.05) is 13.1 Å². The molecule has 0 saturated carbocycles. The molecule has 1 aliphatic heterocycles. The summed E-state index contributed by atoms with van der Waals surface area (Å²) >= 11 is 0. The number of rotatable bonds is 3. The average molecular weight is 273 g/mol. The van der Waals surface area contributed by atoms with Crippen LogP contribution in [0.3, 0.4) is 0 Å². The molecule has 0 spiro atoms. The van der Waals surface area contributed by atoms with Crippen molar-refractivity contribution in [1.82, 2.24) is 4.31 Å². The van der Waals surface area contributed by atoms with E-state index in [-0.39, 0.29) is 5.56 Å². The molecule has 1 heterocycles. The molecule has 7 heteroatoms. The van der Waals surface area contributed by atoms with Crippen molar-refractivity contribution in [3.63, 3.8) is 0 Å². The lowest BCUT2D eigenvalue weighted by molar-refractivity contribution is 0.0696. The predicted octanol–water partition coefficient (Wildman–Crippen LogP) is 1.31. The van der Waals surface area contributed by atoms with Gasteiger partial charge in [-0.15, -0.1) is 0 Å². The molecule has 0 radical (unpaired) electrons. The van der Waals surface area contributed by atoms with Crippen molar-refractivity contribution in [3.8, 4) is 0 Å². The van der Waals surface area contributed by atoms with Crippen LogP contribution < -0.4 is 0 Å². The fourth-order valence-electron chi connectivity index (χ4n) is 1.90. The monoisotopic (exact) mass is 273 g/mol. The molecule has 18 heavy (non-hydrogen) atoms. The van der Waals surface area contributed by atoms with Gasteiger partial charge < -0.3 is 5.11 Å². The molecule has 1 aromatic carbocycles. The quantitative estimate of drug-likeness (QED) is 0.901. The summed E-state index contributed by atoms with van der Waals surface area (Å²) in [6.45, 7) is 0.693. The second kappa shape index (κ2) is 4.66. The van der Waals surface area contributed by atoms with Crippen LogP contribution >= 0.6 is 0 Å². The van der Waals surface area contributed by atoms with Gasteiger partial charge in [0, 0.05) is 13.1 Å². The van der Waals surface area contributed by atoms with E-state index in [1.54, 1.807) is 0 Å². The zero-order valence-corrected chi connectivity index (χ0v) is 10.3. The maximum Gasteiger partial charge on any atom is 0.335 e. The maximum absolute atomic E-state index is 13.6. The van der Waals surface area contributed by atoms with E-state index < -0.39 is 26.7 Å². The van der Waals surface area contributed by atoms with Gasteiger partial charge >= 0.3 is 5.97 Å². The maximum atomic E-state index is 13.6. The molecule has 0 atom stereocenters. The van der Waals surface area contributed by atoms with Gasteiger partial charge in [0.2, 0.25) is 10.0 Å². The number of sulfonamides is 1. The van der Waals surface area contributed by atoms with Gasteiger partial charge in [0.25, 0.3) is 0 Å². The topological polar surface area (TPSA) is 74.7 Å². The molecule has 98 valence electrons. The molecule has 5 nitrogen and oxygen atoms in total. The van der Waals surface area contributed by atoms with Crippen LogP contribution in [0.4, 0.5) is 4.39 Å². The second-order valence-electron chi connectivity index (χ2n) is 4.06. The summed E-state index contributed by atoms with van der Waals surface area (Å²) in [5, 5.41) is 8.80. The number of aromatic carboxylic acids is 1. The molecule has 0 unspecified atom stereocenters. The molecule has 0 aromatic heterocycles. The summed E-state index contributed by atoms with van der Waals surface area (Å²) in [5.74, 6) is -2.21. The molecule has 1 aliphatic rings. The normalized spacial score (nSPS) is 16.9. The average Bonchev–Trinajstić information content (AvgIpc) is 2.82. The van der Waals surface area contributed by atoms with Crippen LogP contribution in [0.1, 0.15) is 23.2 Å². The highest BCUT2D eigenvalue weighted by Crippen LogP contribution is 2.24. The van der Waals surface area contributed by atoms with Gasteiger partial charge in [-0.2, -0.15) is 4.31 Å². The summed E-state index contributed by atoms with van der Waals surface area (Å²) in [6.07, 6.45) is 1.47. The summed E-state index contributed by atoms with van der Waals surface area (Å²) in [4.78, 5) is 10.2. The molecule has 0 bridgehead atoms. The Morgan fingerprint density at radius 1 is 1.28 bits per heavy atom. The molecular formula is C11H12FNO4S. The van der Waals surface area contributed by atoms with Crippen molar-refractivity contribution in [3.05, 3.63) is 29.6 Å². The Hall–Kier alpha value is -1.47. The highest BCUT2D eigenvalue weighted by atomic mass is 32.2. The SMILES string of the molecule is O=C(O)c1ccc(F)c(S(=O)(=O)N2CCCC2)c1. The summed E-state index contributed by atoms with van der Waals surface area (Å²) in [6, 6.07) is 2.78. The molecule has 1 N–H and O–H groups in total. The Morgan fingerprint density at radius 2 is 1.89 bits per heavy atom. The lowest BCUT2D eigenvalue weighted by atomic mass is 10.2. The van der Waals surface area contributed by atoms with E-state index in [0.717, 1.165) is 31.0 Å². The number of hydrogen-bond donors (Lipinski definition) is 1. The fraction of sp³-hybridized carbons (Fsp3) is 0.364. The number of hydrogen-bond acceptors (Lipinski definition) is 3. The lowest BCUT2D eigenvalue weighted by Crippen LogP contribution is -2.28. The van der Waals surface area contributed by atoms with Gasteiger partial charge in [0.05, 0.1) is 5.56 Å². The minimum absolute atomic E-state index is 0.242. The van der Waals surface area contributed by atoms with Crippen molar-refractivity contribution in [1.29, 1.82) is 0 Å². The third-order valence-electron chi connectivity index (χ3n) is 2.86. The first-order valence-electron chi connectivity index (χ1n) is 5.46. The van der Waals surface area contributed by atoms with Crippen molar-refractivity contribution < 1.29 is 22.7 Å². The first-order chi connectivity index (χ1) is 8.43. The molecule has 1 saturated heterocycles. The fourth-order valence-corrected chi connectivity index (χ4v) is 3.51. The van der Waals surface area contributed by atoms with E-state index in [2.05, 4.69) is 0 Å². The van der Waals surface area contributed by atoms with Gasteiger partial charge in [-0.05, 0) is 31.0 Å². The molecule has 0 aliphatic carbocycles. The van der Waals surface area contributed by atoms with Crippen molar-refractivity contribution in [2.24, 2.45) is 0 Å². The highest BCUT2D eigenvalue weighted by molar-refractivity contribution is 7.89. The molecular weight excluding hydrogens is 261 g/mol. The minimum Gasteiger partial charge on any atom is -0.478 e. The van der Waals surface area contributed by atoms with Gasteiger partial charge in [-0.3, -0.25) is 0 Å². The van der Waals surface area contributed by atoms with Gasteiger partial charge in [-0.25, -0.2) is 17.6 Å². The van der Waals surface area contributed by atoms with Crippen LogP contribution in [0.25, 0.3) is 0 Å². The Bertz CT molecular complexity index is 579. The zero-order chi connectivity index (χ0) is 13.3. The molecule has 2 rings (SSSR count). The van der Waals surface area contributed by atoms with E-state index in [4.69, 9.17) is 5.11 Å². The number of benzene rings is 1. The number of carboxylic acid groups (broad SMARTS) is 1.